The average molecular weight is 411 g/mol. The fraction of sp³-hybridized carbons (Fsp3) is 0.875. The predicted molar refractivity (Wildman–Crippen MR) is 123 cm³/mol. The zero-order valence-electron chi connectivity index (χ0n) is 19.8. The lowest BCUT2D eigenvalue weighted by molar-refractivity contribution is -0.143. The molecule has 1 atom stereocenters. The highest BCUT2D eigenvalue weighted by Gasteiger charge is 2.39. The highest BCUT2D eigenvalue weighted by Crippen LogP contribution is 2.37. The van der Waals surface area contributed by atoms with Gasteiger partial charge in [0.05, 0.1) is 6.10 Å². The van der Waals surface area contributed by atoms with E-state index in [4.69, 9.17) is 9.16 Å². The third-order valence-corrected chi connectivity index (χ3v) is 10.1. The molecule has 0 fully saturated rings. The number of carbonyl (C=O) groups is 1. The largest absolute Gasteiger partial charge is 0.463 e. The lowest BCUT2D eigenvalue weighted by atomic mass is 10.1. The number of hydrogen-bond donors (Lipinski definition) is 0. The summed E-state index contributed by atoms with van der Waals surface area (Å²) in [6.07, 6.45) is 13.0. The van der Waals surface area contributed by atoms with Crippen LogP contribution in [0.3, 0.4) is 0 Å². The second-order valence-electron chi connectivity index (χ2n) is 9.42. The summed E-state index contributed by atoms with van der Waals surface area (Å²) in [6.45, 7) is 15.3. The Kier molecular flexibility index (Phi) is 14.7. The van der Waals surface area contributed by atoms with Crippen LogP contribution in [0.2, 0.25) is 18.1 Å². The molecule has 3 nitrogen and oxygen atoms in total. The molecule has 0 saturated heterocycles. The Balaban J connectivity index is 4.12. The molecule has 0 aromatic rings. The molecule has 0 amide bonds. The van der Waals surface area contributed by atoms with Crippen LogP contribution in [-0.2, 0) is 14.0 Å². The Morgan fingerprint density at radius 1 is 0.929 bits per heavy atom. The van der Waals surface area contributed by atoms with Crippen molar-refractivity contribution in [3.8, 4) is 11.8 Å². The maximum Gasteiger partial charge on any atom is 0.302 e. The summed E-state index contributed by atoms with van der Waals surface area (Å²) < 4.78 is 11.7. The number of carbonyl (C=O) groups excluding carboxylic acids is 1. The first-order valence-corrected chi connectivity index (χ1v) is 14.3. The summed E-state index contributed by atoms with van der Waals surface area (Å²) in [7, 11) is -1.86. The Morgan fingerprint density at radius 2 is 1.46 bits per heavy atom. The van der Waals surface area contributed by atoms with Gasteiger partial charge in [-0.15, -0.1) is 11.8 Å². The van der Waals surface area contributed by atoms with Gasteiger partial charge in [0, 0.05) is 19.8 Å². The SMILES string of the molecule is CCCCCCCCC#CCCCC[C@H](COC(C)=O)O[Si](C)(C)C(C)(C)C. The molecule has 0 radical (unpaired) electrons. The first kappa shape index (κ1) is 27.2. The van der Waals surface area contributed by atoms with Crippen LogP contribution in [0, 0.1) is 11.8 Å². The number of hydrogen-bond acceptors (Lipinski definition) is 3. The summed E-state index contributed by atoms with van der Waals surface area (Å²) >= 11 is 0. The van der Waals surface area contributed by atoms with Crippen LogP contribution in [-0.4, -0.2) is 27.0 Å². The van der Waals surface area contributed by atoms with E-state index in [1.807, 2.05) is 0 Å². The Hall–Kier alpha value is -0.793. The van der Waals surface area contributed by atoms with Gasteiger partial charge in [0.2, 0.25) is 0 Å². The topological polar surface area (TPSA) is 35.5 Å². The van der Waals surface area contributed by atoms with Gasteiger partial charge in [-0.25, -0.2) is 0 Å². The van der Waals surface area contributed by atoms with Crippen molar-refractivity contribution < 1.29 is 14.0 Å². The van der Waals surface area contributed by atoms with E-state index in [0.29, 0.717) is 6.61 Å². The van der Waals surface area contributed by atoms with Crippen molar-refractivity contribution in [2.75, 3.05) is 6.61 Å². The summed E-state index contributed by atoms with van der Waals surface area (Å²) in [6, 6.07) is 0. The molecule has 0 unspecified atom stereocenters. The van der Waals surface area contributed by atoms with Crippen LogP contribution in [0.1, 0.15) is 105 Å². The lowest BCUT2D eigenvalue weighted by Gasteiger charge is -2.39. The first-order chi connectivity index (χ1) is 13.1. The van der Waals surface area contributed by atoms with Crippen LogP contribution >= 0.6 is 0 Å². The smallest absolute Gasteiger partial charge is 0.302 e. The molecule has 0 N–H and O–H groups in total. The highest BCUT2D eigenvalue weighted by atomic mass is 28.4. The highest BCUT2D eigenvalue weighted by molar-refractivity contribution is 6.74. The molecule has 0 aliphatic heterocycles. The first-order valence-electron chi connectivity index (χ1n) is 11.4. The molecule has 0 saturated carbocycles. The van der Waals surface area contributed by atoms with Gasteiger partial charge < -0.3 is 9.16 Å². The van der Waals surface area contributed by atoms with Gasteiger partial charge in [0.1, 0.15) is 6.61 Å². The van der Waals surface area contributed by atoms with Crippen molar-refractivity contribution in [3.63, 3.8) is 0 Å². The molecule has 0 aliphatic carbocycles. The van der Waals surface area contributed by atoms with E-state index in [9.17, 15) is 4.79 Å². The van der Waals surface area contributed by atoms with Crippen LogP contribution in [0.4, 0.5) is 0 Å². The number of unbranched alkanes of at least 4 members (excludes halogenated alkanes) is 8. The van der Waals surface area contributed by atoms with E-state index < -0.39 is 8.32 Å². The van der Waals surface area contributed by atoms with Crippen molar-refractivity contribution >= 4 is 14.3 Å². The molecule has 4 heteroatoms. The molecule has 0 heterocycles. The van der Waals surface area contributed by atoms with E-state index in [-0.39, 0.29) is 17.1 Å². The van der Waals surface area contributed by atoms with Crippen LogP contribution in [0.15, 0.2) is 0 Å². The fourth-order valence-electron chi connectivity index (χ4n) is 2.74. The Bertz CT molecular complexity index is 468. The van der Waals surface area contributed by atoms with Gasteiger partial charge in [0.25, 0.3) is 0 Å². The van der Waals surface area contributed by atoms with Gasteiger partial charge in [-0.2, -0.15) is 0 Å². The third kappa shape index (κ3) is 14.2. The second-order valence-corrected chi connectivity index (χ2v) is 14.2. The standard InChI is InChI=1S/C24H46O3Si/c1-8-9-10-11-12-13-14-15-16-17-18-19-20-23(21-26-22(2)25)27-28(6,7)24(3,4)5/h23H,8-14,17-21H2,1-7H3/t23-/m1/s1. The molecule has 0 aliphatic rings. The Morgan fingerprint density at radius 3 is 2.00 bits per heavy atom. The number of esters is 1. The van der Waals surface area contributed by atoms with Gasteiger partial charge >= 0.3 is 5.97 Å². The molecule has 0 bridgehead atoms. The van der Waals surface area contributed by atoms with Crippen LogP contribution in [0.5, 0.6) is 0 Å². The zero-order chi connectivity index (χ0) is 21.5. The quantitative estimate of drug-likeness (QED) is 0.131. The molecule has 164 valence electrons. The van der Waals surface area contributed by atoms with Crippen LogP contribution in [0.25, 0.3) is 0 Å². The molecule has 0 aromatic heterocycles. The lowest BCUT2D eigenvalue weighted by Crippen LogP contribution is -2.45. The number of rotatable bonds is 14. The molecule has 28 heavy (non-hydrogen) atoms. The van der Waals surface area contributed by atoms with Crippen molar-refractivity contribution in [1.29, 1.82) is 0 Å². The van der Waals surface area contributed by atoms with Gasteiger partial charge in [0.15, 0.2) is 8.32 Å². The normalized spacial score (nSPS) is 13.0. The number of ether oxygens (including phenoxy) is 1. The van der Waals surface area contributed by atoms with E-state index in [2.05, 4.69) is 52.6 Å². The minimum absolute atomic E-state index is 0.000807. The summed E-state index contributed by atoms with van der Waals surface area (Å²) in [5.74, 6) is 6.40. The summed E-state index contributed by atoms with van der Waals surface area (Å²) in [5.41, 5.74) is 0. The molecular weight excluding hydrogens is 364 g/mol. The molecular formula is C24H46O3Si. The monoisotopic (exact) mass is 410 g/mol. The van der Waals surface area contributed by atoms with Crippen molar-refractivity contribution in [2.45, 2.75) is 129 Å². The zero-order valence-corrected chi connectivity index (χ0v) is 20.8. The van der Waals surface area contributed by atoms with Crippen molar-refractivity contribution in [3.05, 3.63) is 0 Å². The van der Waals surface area contributed by atoms with Crippen molar-refractivity contribution in [1.82, 2.24) is 0 Å². The minimum Gasteiger partial charge on any atom is -0.463 e. The second kappa shape index (κ2) is 15.1. The average Bonchev–Trinajstić information content (AvgIpc) is 2.59. The van der Waals surface area contributed by atoms with Gasteiger partial charge in [-0.05, 0) is 43.8 Å². The van der Waals surface area contributed by atoms with E-state index in [1.165, 1.54) is 45.4 Å². The van der Waals surface area contributed by atoms with E-state index >= 15 is 0 Å². The molecule has 0 rings (SSSR count). The summed E-state index contributed by atoms with van der Waals surface area (Å²) in [4.78, 5) is 11.2. The fourth-order valence-corrected chi connectivity index (χ4v) is 4.11. The van der Waals surface area contributed by atoms with Crippen LogP contribution < -0.4 is 0 Å². The minimum atomic E-state index is -1.86. The van der Waals surface area contributed by atoms with Gasteiger partial charge in [-0.3, -0.25) is 4.79 Å². The van der Waals surface area contributed by atoms with E-state index in [1.54, 1.807) is 0 Å². The molecule has 0 spiro atoms. The maximum atomic E-state index is 11.2. The van der Waals surface area contributed by atoms with Gasteiger partial charge in [-0.1, -0.05) is 59.8 Å². The maximum absolute atomic E-state index is 11.2. The van der Waals surface area contributed by atoms with E-state index in [0.717, 1.165) is 32.1 Å². The predicted octanol–water partition coefficient (Wildman–Crippen LogP) is 7.25. The van der Waals surface area contributed by atoms with Crippen molar-refractivity contribution in [2.24, 2.45) is 0 Å². The molecule has 0 aromatic carbocycles. The summed E-state index contributed by atoms with van der Waals surface area (Å²) in [5, 5.41) is 0.156. The Labute approximate surface area is 176 Å². The third-order valence-electron chi connectivity index (χ3n) is 5.60.